The Morgan fingerprint density at radius 1 is 1.22 bits per heavy atom. The molecule has 0 aromatic carbocycles. The fourth-order valence-corrected chi connectivity index (χ4v) is 1.85. The molecular weight excluding hydrogens is 128 g/mol. The molecule has 0 atom stereocenters. The summed E-state index contributed by atoms with van der Waals surface area (Å²) < 4.78 is 5.42. The van der Waals surface area contributed by atoms with Crippen LogP contribution >= 0.6 is 0 Å². The van der Waals surface area contributed by atoms with Crippen molar-refractivity contribution < 1.29 is 4.43 Å². The molecule has 0 spiro atoms. The Hall–Kier alpha value is 0.177. The number of hydrogen-bond donors (Lipinski definition) is 0. The minimum atomic E-state index is -0.175. The Balaban J connectivity index is 3.09. The molecule has 2 heteroatoms. The zero-order chi connectivity index (χ0) is 7.11. The standard InChI is InChI=1S/C7H18OSi/c1-4-7(5-2)9-8-6-3/h7H,4-6,9H2,1-3H3. The molecular formula is C7H18OSi. The molecule has 1 nitrogen and oxygen atoms in total. The van der Waals surface area contributed by atoms with Gasteiger partial charge in [0.25, 0.3) is 0 Å². The normalized spacial score (nSPS) is 12.0. The van der Waals surface area contributed by atoms with Gasteiger partial charge in [0.1, 0.15) is 0 Å². The van der Waals surface area contributed by atoms with Gasteiger partial charge in [-0.3, -0.25) is 0 Å². The highest BCUT2D eigenvalue weighted by molar-refractivity contribution is 6.29. The van der Waals surface area contributed by atoms with Crippen LogP contribution in [0.3, 0.4) is 0 Å². The first-order valence-corrected chi connectivity index (χ1v) is 5.32. The van der Waals surface area contributed by atoms with Gasteiger partial charge in [0, 0.05) is 6.61 Å². The zero-order valence-electron chi connectivity index (χ0n) is 6.81. The highest BCUT2D eigenvalue weighted by atomic mass is 28.2. The summed E-state index contributed by atoms with van der Waals surface area (Å²) in [5.74, 6) is 0. The zero-order valence-corrected chi connectivity index (χ0v) is 8.23. The Kier molecular flexibility index (Phi) is 6.42. The molecule has 0 saturated carbocycles. The molecule has 0 saturated heterocycles. The second kappa shape index (κ2) is 6.30. The van der Waals surface area contributed by atoms with E-state index in [0.29, 0.717) is 0 Å². The second-order valence-electron chi connectivity index (χ2n) is 2.34. The highest BCUT2D eigenvalue weighted by Gasteiger charge is 2.02. The van der Waals surface area contributed by atoms with Crippen molar-refractivity contribution in [2.45, 2.75) is 39.2 Å². The summed E-state index contributed by atoms with van der Waals surface area (Å²) in [6.45, 7) is 7.50. The highest BCUT2D eigenvalue weighted by Crippen LogP contribution is 2.12. The van der Waals surface area contributed by atoms with Crippen molar-refractivity contribution >= 4 is 9.76 Å². The van der Waals surface area contributed by atoms with Crippen LogP contribution in [0.15, 0.2) is 0 Å². The third kappa shape index (κ3) is 4.67. The minimum absolute atomic E-state index is 0.175. The SMILES string of the molecule is CCO[SiH2]C(CC)CC. The first kappa shape index (κ1) is 9.18. The maximum atomic E-state index is 5.42. The Bertz CT molecular complexity index is 52.9. The van der Waals surface area contributed by atoms with Crippen molar-refractivity contribution in [1.82, 2.24) is 0 Å². The molecule has 0 fully saturated rings. The Morgan fingerprint density at radius 2 is 1.78 bits per heavy atom. The average molecular weight is 146 g/mol. The third-order valence-corrected chi connectivity index (χ3v) is 3.98. The summed E-state index contributed by atoms with van der Waals surface area (Å²) in [5, 5.41) is 0. The molecule has 0 rings (SSSR count). The van der Waals surface area contributed by atoms with E-state index in [-0.39, 0.29) is 9.76 Å². The van der Waals surface area contributed by atoms with Gasteiger partial charge < -0.3 is 4.43 Å². The van der Waals surface area contributed by atoms with Gasteiger partial charge >= 0.3 is 0 Å². The van der Waals surface area contributed by atoms with Crippen LogP contribution < -0.4 is 0 Å². The van der Waals surface area contributed by atoms with Gasteiger partial charge in [0.15, 0.2) is 9.76 Å². The van der Waals surface area contributed by atoms with E-state index in [4.69, 9.17) is 4.43 Å². The maximum absolute atomic E-state index is 5.42. The molecule has 0 bridgehead atoms. The molecule has 0 N–H and O–H groups in total. The largest absolute Gasteiger partial charge is 0.424 e. The van der Waals surface area contributed by atoms with Crippen LogP contribution in [-0.2, 0) is 4.43 Å². The van der Waals surface area contributed by atoms with Gasteiger partial charge in [0.05, 0.1) is 0 Å². The van der Waals surface area contributed by atoms with E-state index in [0.717, 1.165) is 12.1 Å². The van der Waals surface area contributed by atoms with Crippen LogP contribution in [0, 0.1) is 0 Å². The lowest BCUT2D eigenvalue weighted by molar-refractivity contribution is 0.350. The fraction of sp³-hybridized carbons (Fsp3) is 1.00. The van der Waals surface area contributed by atoms with Gasteiger partial charge in [-0.25, -0.2) is 0 Å². The van der Waals surface area contributed by atoms with E-state index in [2.05, 4.69) is 20.8 Å². The van der Waals surface area contributed by atoms with Crippen molar-refractivity contribution in [3.63, 3.8) is 0 Å². The summed E-state index contributed by atoms with van der Waals surface area (Å²) in [4.78, 5) is 0. The lowest BCUT2D eigenvalue weighted by Gasteiger charge is -2.09. The van der Waals surface area contributed by atoms with Gasteiger partial charge in [-0.05, 0) is 12.5 Å². The van der Waals surface area contributed by atoms with Crippen LogP contribution in [-0.4, -0.2) is 16.4 Å². The van der Waals surface area contributed by atoms with E-state index in [1.54, 1.807) is 0 Å². The molecule has 56 valence electrons. The van der Waals surface area contributed by atoms with Gasteiger partial charge in [-0.2, -0.15) is 0 Å². The van der Waals surface area contributed by atoms with Crippen LogP contribution in [0.4, 0.5) is 0 Å². The molecule has 0 heterocycles. The van der Waals surface area contributed by atoms with E-state index in [9.17, 15) is 0 Å². The molecule has 0 amide bonds. The van der Waals surface area contributed by atoms with Crippen LogP contribution in [0.2, 0.25) is 5.54 Å². The van der Waals surface area contributed by atoms with Crippen LogP contribution in [0.25, 0.3) is 0 Å². The van der Waals surface area contributed by atoms with E-state index in [1.165, 1.54) is 12.8 Å². The van der Waals surface area contributed by atoms with Crippen molar-refractivity contribution in [3.05, 3.63) is 0 Å². The van der Waals surface area contributed by atoms with E-state index < -0.39 is 0 Å². The first-order chi connectivity index (χ1) is 4.35. The molecule has 0 radical (unpaired) electrons. The lowest BCUT2D eigenvalue weighted by Crippen LogP contribution is -2.05. The molecule has 0 unspecified atom stereocenters. The number of rotatable bonds is 5. The predicted molar refractivity (Wildman–Crippen MR) is 44.5 cm³/mol. The molecule has 0 aliphatic rings. The quantitative estimate of drug-likeness (QED) is 0.537. The average Bonchev–Trinajstić information content (AvgIpc) is 1.91. The first-order valence-electron chi connectivity index (χ1n) is 3.92. The smallest absolute Gasteiger partial charge is 0.164 e. The Morgan fingerprint density at radius 3 is 2.11 bits per heavy atom. The monoisotopic (exact) mass is 146 g/mol. The maximum Gasteiger partial charge on any atom is 0.164 e. The molecule has 0 aromatic heterocycles. The predicted octanol–water partition coefficient (Wildman–Crippen LogP) is 1.72. The molecule has 0 aliphatic carbocycles. The summed E-state index contributed by atoms with van der Waals surface area (Å²) in [6.07, 6.45) is 2.62. The van der Waals surface area contributed by atoms with Crippen LogP contribution in [0.5, 0.6) is 0 Å². The second-order valence-corrected chi connectivity index (χ2v) is 4.24. The summed E-state index contributed by atoms with van der Waals surface area (Å²) in [5.41, 5.74) is 0.921. The summed E-state index contributed by atoms with van der Waals surface area (Å²) >= 11 is 0. The lowest BCUT2D eigenvalue weighted by atomic mass is 10.3. The Labute approximate surface area is 60.7 Å². The van der Waals surface area contributed by atoms with Gasteiger partial charge in [0.2, 0.25) is 0 Å². The van der Waals surface area contributed by atoms with E-state index >= 15 is 0 Å². The molecule has 9 heavy (non-hydrogen) atoms. The van der Waals surface area contributed by atoms with Crippen molar-refractivity contribution in [3.8, 4) is 0 Å². The molecule has 0 aromatic rings. The summed E-state index contributed by atoms with van der Waals surface area (Å²) in [6, 6.07) is 0. The summed E-state index contributed by atoms with van der Waals surface area (Å²) in [7, 11) is -0.175. The van der Waals surface area contributed by atoms with Crippen LogP contribution in [0.1, 0.15) is 33.6 Å². The van der Waals surface area contributed by atoms with Crippen molar-refractivity contribution in [2.24, 2.45) is 0 Å². The number of hydrogen-bond acceptors (Lipinski definition) is 1. The fourth-order valence-electron chi connectivity index (χ4n) is 0.809. The van der Waals surface area contributed by atoms with Crippen molar-refractivity contribution in [2.75, 3.05) is 6.61 Å². The minimum Gasteiger partial charge on any atom is -0.424 e. The van der Waals surface area contributed by atoms with E-state index in [1.807, 2.05) is 0 Å². The third-order valence-electron chi connectivity index (χ3n) is 1.71. The molecule has 0 aliphatic heterocycles. The van der Waals surface area contributed by atoms with Gasteiger partial charge in [-0.15, -0.1) is 0 Å². The van der Waals surface area contributed by atoms with Gasteiger partial charge in [-0.1, -0.05) is 26.7 Å². The topological polar surface area (TPSA) is 9.23 Å². The van der Waals surface area contributed by atoms with Crippen molar-refractivity contribution in [1.29, 1.82) is 0 Å².